The molecule has 0 saturated carbocycles. The van der Waals surface area contributed by atoms with E-state index < -0.39 is 6.04 Å². The van der Waals surface area contributed by atoms with Crippen LogP contribution in [-0.2, 0) is 6.54 Å². The molecule has 0 fully saturated rings. The van der Waals surface area contributed by atoms with E-state index in [2.05, 4.69) is 28.5 Å². The topological polar surface area (TPSA) is 61.7 Å². The van der Waals surface area contributed by atoms with Crippen LogP contribution in [0.2, 0.25) is 0 Å². The highest BCUT2D eigenvalue weighted by molar-refractivity contribution is 6.03. The first-order chi connectivity index (χ1) is 14.0. The summed E-state index contributed by atoms with van der Waals surface area (Å²) in [6.45, 7) is 4.61. The van der Waals surface area contributed by atoms with Gasteiger partial charge >= 0.3 is 0 Å². The largest absolute Gasteiger partial charge is 0.394 e. The average Bonchev–Trinajstić information content (AvgIpc) is 3.12. The van der Waals surface area contributed by atoms with E-state index in [4.69, 9.17) is 0 Å². The third kappa shape index (κ3) is 3.98. The van der Waals surface area contributed by atoms with Crippen molar-refractivity contribution in [3.8, 4) is 11.1 Å². The number of hydrogen-bond donors (Lipinski definition) is 2. The van der Waals surface area contributed by atoms with Crippen molar-refractivity contribution < 1.29 is 9.90 Å². The number of aliphatic hydroxyl groups is 1. The lowest BCUT2D eigenvalue weighted by Gasteiger charge is -2.17. The van der Waals surface area contributed by atoms with Gasteiger partial charge in [-0.25, -0.2) is 0 Å². The van der Waals surface area contributed by atoms with Gasteiger partial charge in [0.05, 0.1) is 19.2 Å². The minimum atomic E-state index is -0.440. The molecule has 29 heavy (non-hydrogen) atoms. The summed E-state index contributed by atoms with van der Waals surface area (Å²) >= 11 is 0. The maximum Gasteiger partial charge on any atom is 0.251 e. The van der Waals surface area contributed by atoms with Crippen LogP contribution in [0.25, 0.3) is 11.1 Å². The third-order valence-corrected chi connectivity index (χ3v) is 5.38. The predicted octanol–water partition coefficient (Wildman–Crippen LogP) is 4.45. The van der Waals surface area contributed by atoms with Crippen LogP contribution in [0.15, 0.2) is 71.7 Å². The number of aliphatic imine (C=N–C) groups is 1. The van der Waals surface area contributed by atoms with Crippen LogP contribution >= 0.6 is 0 Å². The Bertz CT molecular complexity index is 1100. The Labute approximate surface area is 170 Å². The predicted molar refractivity (Wildman–Crippen MR) is 116 cm³/mol. The fraction of sp³-hybridized carbons (Fsp3) is 0.200. The molecule has 0 radical (unpaired) electrons. The molecule has 0 aromatic heterocycles. The number of carbonyl (C=O) groups excluding carboxylic acids is 1. The normalized spacial score (nSPS) is 13.6. The van der Waals surface area contributed by atoms with Gasteiger partial charge in [-0.1, -0.05) is 54.1 Å². The molecule has 1 heterocycles. The molecule has 1 atom stereocenters. The van der Waals surface area contributed by atoms with Gasteiger partial charge in [-0.3, -0.25) is 9.79 Å². The van der Waals surface area contributed by atoms with Gasteiger partial charge in [0, 0.05) is 16.8 Å². The molecule has 0 saturated heterocycles. The van der Waals surface area contributed by atoms with Gasteiger partial charge in [0.25, 0.3) is 5.91 Å². The number of nitrogens with zero attached hydrogens (tertiary/aromatic N) is 1. The summed E-state index contributed by atoms with van der Waals surface area (Å²) in [6, 6.07) is 21.3. The minimum absolute atomic E-state index is 0.154. The summed E-state index contributed by atoms with van der Waals surface area (Å²) in [5, 5.41) is 12.7. The maximum atomic E-state index is 12.9. The van der Waals surface area contributed by atoms with Gasteiger partial charge in [0.15, 0.2) is 0 Å². The number of carbonyl (C=O) groups is 1. The van der Waals surface area contributed by atoms with Gasteiger partial charge in [0.2, 0.25) is 0 Å². The molecule has 1 amide bonds. The van der Waals surface area contributed by atoms with Crippen molar-refractivity contribution in [1.82, 2.24) is 5.32 Å². The van der Waals surface area contributed by atoms with Gasteiger partial charge < -0.3 is 10.4 Å². The molecule has 0 bridgehead atoms. The van der Waals surface area contributed by atoms with E-state index in [1.807, 2.05) is 56.3 Å². The first-order valence-corrected chi connectivity index (χ1v) is 9.78. The number of nitrogens with one attached hydrogen (secondary N) is 1. The Kier molecular flexibility index (Phi) is 5.28. The Morgan fingerprint density at radius 3 is 2.62 bits per heavy atom. The molecule has 4 nitrogen and oxygen atoms in total. The first kappa shape index (κ1) is 19.1. The van der Waals surface area contributed by atoms with E-state index in [0.29, 0.717) is 5.56 Å². The molecule has 4 rings (SSSR count). The highest BCUT2D eigenvalue weighted by Crippen LogP contribution is 2.27. The van der Waals surface area contributed by atoms with Crippen molar-refractivity contribution in [3.05, 3.63) is 94.5 Å². The van der Waals surface area contributed by atoms with Crippen molar-refractivity contribution in [1.29, 1.82) is 0 Å². The number of fused-ring (bicyclic) bond motifs is 1. The smallest absolute Gasteiger partial charge is 0.251 e. The molecule has 0 spiro atoms. The highest BCUT2D eigenvalue weighted by Gasteiger charge is 2.17. The molecule has 3 aromatic rings. The molecule has 1 unspecified atom stereocenters. The zero-order valence-corrected chi connectivity index (χ0v) is 16.6. The van der Waals surface area contributed by atoms with E-state index >= 15 is 0 Å². The molecular weight excluding hydrogens is 360 g/mol. The van der Waals surface area contributed by atoms with Crippen molar-refractivity contribution in [2.45, 2.75) is 26.4 Å². The lowest BCUT2D eigenvalue weighted by Crippen LogP contribution is -2.30. The lowest BCUT2D eigenvalue weighted by atomic mass is 9.97. The van der Waals surface area contributed by atoms with Crippen LogP contribution < -0.4 is 5.32 Å². The van der Waals surface area contributed by atoms with Crippen molar-refractivity contribution in [3.63, 3.8) is 0 Å². The molecule has 1 aliphatic rings. The van der Waals surface area contributed by atoms with Crippen LogP contribution in [0.5, 0.6) is 0 Å². The van der Waals surface area contributed by atoms with Gasteiger partial charge in [-0.05, 0) is 54.3 Å². The molecule has 0 aliphatic carbocycles. The number of amides is 1. The SMILES string of the molecule is CC1=NCc2ccc(-c3cccc(C(=O)NC(CO)c4cccc(C)c4)c3)cc21. The second-order valence-electron chi connectivity index (χ2n) is 7.48. The summed E-state index contributed by atoms with van der Waals surface area (Å²) in [7, 11) is 0. The van der Waals surface area contributed by atoms with Crippen LogP contribution in [0.3, 0.4) is 0 Å². The van der Waals surface area contributed by atoms with E-state index in [-0.39, 0.29) is 12.5 Å². The van der Waals surface area contributed by atoms with Crippen molar-refractivity contribution in [2.24, 2.45) is 4.99 Å². The highest BCUT2D eigenvalue weighted by atomic mass is 16.3. The Morgan fingerprint density at radius 1 is 1.03 bits per heavy atom. The molecular formula is C25H24N2O2. The number of benzene rings is 3. The van der Waals surface area contributed by atoms with Gasteiger partial charge in [-0.15, -0.1) is 0 Å². The third-order valence-electron chi connectivity index (χ3n) is 5.38. The summed E-state index contributed by atoms with van der Waals surface area (Å²) < 4.78 is 0. The zero-order valence-electron chi connectivity index (χ0n) is 16.6. The second kappa shape index (κ2) is 8.02. The Hall–Kier alpha value is -3.24. The zero-order chi connectivity index (χ0) is 20.4. The molecule has 3 aromatic carbocycles. The lowest BCUT2D eigenvalue weighted by molar-refractivity contribution is 0.0916. The van der Waals surface area contributed by atoms with Crippen molar-refractivity contribution >= 4 is 11.6 Å². The molecule has 4 heteroatoms. The van der Waals surface area contributed by atoms with Gasteiger partial charge in [0.1, 0.15) is 0 Å². The van der Waals surface area contributed by atoms with Crippen LogP contribution in [0.4, 0.5) is 0 Å². The molecule has 2 N–H and O–H groups in total. The number of hydrogen-bond acceptors (Lipinski definition) is 3. The Balaban J connectivity index is 1.58. The molecule has 146 valence electrons. The van der Waals surface area contributed by atoms with Gasteiger partial charge in [-0.2, -0.15) is 0 Å². The Morgan fingerprint density at radius 2 is 1.83 bits per heavy atom. The summed E-state index contributed by atoms with van der Waals surface area (Å²) in [4.78, 5) is 17.3. The van der Waals surface area contributed by atoms with E-state index in [9.17, 15) is 9.90 Å². The second-order valence-corrected chi connectivity index (χ2v) is 7.48. The van der Waals surface area contributed by atoms with Crippen LogP contribution in [-0.4, -0.2) is 23.3 Å². The van der Waals surface area contributed by atoms with Crippen LogP contribution in [0, 0.1) is 6.92 Å². The van der Waals surface area contributed by atoms with Crippen molar-refractivity contribution in [2.75, 3.05) is 6.61 Å². The number of aryl methyl sites for hydroxylation is 1. The summed E-state index contributed by atoms with van der Waals surface area (Å²) in [6.07, 6.45) is 0. The summed E-state index contributed by atoms with van der Waals surface area (Å²) in [5.41, 5.74) is 8.07. The standard InChI is InChI=1S/C25H24N2O2/c1-16-5-3-7-20(11-16)24(15-28)27-25(29)21-8-4-6-18(12-21)19-9-10-22-14-26-17(2)23(22)13-19/h3-13,24,28H,14-15H2,1-2H3,(H,27,29). The maximum absolute atomic E-state index is 12.9. The summed E-state index contributed by atoms with van der Waals surface area (Å²) in [5.74, 6) is -0.202. The minimum Gasteiger partial charge on any atom is -0.394 e. The fourth-order valence-corrected chi connectivity index (χ4v) is 3.72. The number of aliphatic hydroxyl groups excluding tert-OH is 1. The average molecular weight is 384 g/mol. The quantitative estimate of drug-likeness (QED) is 0.683. The van der Waals surface area contributed by atoms with Crippen LogP contribution in [0.1, 0.15) is 45.6 Å². The molecule has 1 aliphatic heterocycles. The van der Waals surface area contributed by atoms with E-state index in [1.165, 1.54) is 11.1 Å². The fourth-order valence-electron chi connectivity index (χ4n) is 3.72. The monoisotopic (exact) mass is 384 g/mol. The van der Waals surface area contributed by atoms with E-state index in [1.54, 1.807) is 6.07 Å². The first-order valence-electron chi connectivity index (χ1n) is 9.78. The van der Waals surface area contributed by atoms with E-state index in [0.717, 1.165) is 34.5 Å². The number of rotatable bonds is 5.